The Kier molecular flexibility index (Phi) is 7.13. The summed E-state index contributed by atoms with van der Waals surface area (Å²) < 4.78 is 30.3. The monoisotopic (exact) mass is 449 g/mol. The van der Waals surface area contributed by atoms with Crippen LogP contribution in [-0.4, -0.2) is 38.2 Å². The Morgan fingerprint density at radius 3 is 2.39 bits per heavy atom. The number of nitrogens with zero attached hydrogens (tertiary/aromatic N) is 1. The number of carbonyl (C=O) groups is 1. The van der Waals surface area contributed by atoms with Gasteiger partial charge in [0.15, 0.2) is 11.5 Å². The van der Waals surface area contributed by atoms with Crippen LogP contribution in [0, 0.1) is 5.82 Å². The Morgan fingerprint density at radius 2 is 1.70 bits per heavy atom. The number of carbonyl (C=O) groups excluding carboxylic acids is 1. The number of methoxy groups -OCH3 is 2. The lowest BCUT2D eigenvalue weighted by molar-refractivity contribution is -0.134. The molecule has 3 aromatic rings. The van der Waals surface area contributed by atoms with E-state index in [0.29, 0.717) is 36.6 Å². The molecule has 1 atom stereocenters. The molecular weight excluding hydrogens is 421 g/mol. The third-order valence-electron chi connectivity index (χ3n) is 6.01. The average Bonchev–Trinajstić information content (AvgIpc) is 2.86. The molecule has 0 radical (unpaired) electrons. The number of benzene rings is 3. The molecular formula is C27H28FNO4. The molecule has 0 fully saturated rings. The molecule has 0 saturated heterocycles. The number of halogens is 1. The Bertz CT molecular complexity index is 1090. The van der Waals surface area contributed by atoms with Crippen molar-refractivity contribution in [2.24, 2.45) is 0 Å². The van der Waals surface area contributed by atoms with E-state index in [1.54, 1.807) is 26.4 Å². The van der Waals surface area contributed by atoms with Crippen LogP contribution in [0.5, 0.6) is 17.2 Å². The van der Waals surface area contributed by atoms with E-state index in [9.17, 15) is 9.18 Å². The van der Waals surface area contributed by atoms with Gasteiger partial charge >= 0.3 is 0 Å². The average molecular weight is 450 g/mol. The van der Waals surface area contributed by atoms with E-state index in [1.807, 2.05) is 47.4 Å². The zero-order valence-corrected chi connectivity index (χ0v) is 18.9. The van der Waals surface area contributed by atoms with Gasteiger partial charge in [0.1, 0.15) is 18.2 Å². The molecule has 1 aliphatic heterocycles. The van der Waals surface area contributed by atoms with Crippen molar-refractivity contribution in [1.82, 2.24) is 4.90 Å². The lowest BCUT2D eigenvalue weighted by atomic mass is 9.91. The second-order valence-corrected chi connectivity index (χ2v) is 8.01. The van der Waals surface area contributed by atoms with Crippen LogP contribution < -0.4 is 14.2 Å². The topological polar surface area (TPSA) is 48.0 Å². The summed E-state index contributed by atoms with van der Waals surface area (Å²) in [5.74, 6) is 1.59. The first-order valence-electron chi connectivity index (χ1n) is 11.1. The minimum atomic E-state index is -0.320. The van der Waals surface area contributed by atoms with Crippen molar-refractivity contribution >= 4 is 5.91 Å². The van der Waals surface area contributed by atoms with Gasteiger partial charge < -0.3 is 19.1 Å². The van der Waals surface area contributed by atoms with E-state index in [1.165, 1.54) is 12.1 Å². The summed E-state index contributed by atoms with van der Waals surface area (Å²) in [7, 11) is 3.21. The van der Waals surface area contributed by atoms with Crippen LogP contribution in [0.3, 0.4) is 0 Å². The SMILES string of the molecule is COc1cc2c(cc1OC)[C@@H](COc1ccc(F)cc1)N(C(=O)CCc1ccccc1)CC2. The van der Waals surface area contributed by atoms with Crippen molar-refractivity contribution in [2.45, 2.75) is 25.3 Å². The Morgan fingerprint density at radius 1 is 1.00 bits per heavy atom. The fourth-order valence-corrected chi connectivity index (χ4v) is 4.25. The lowest BCUT2D eigenvalue weighted by Gasteiger charge is -2.37. The quantitative estimate of drug-likeness (QED) is 0.487. The van der Waals surface area contributed by atoms with Crippen LogP contribution in [0.25, 0.3) is 0 Å². The molecule has 33 heavy (non-hydrogen) atoms. The van der Waals surface area contributed by atoms with Crippen LogP contribution >= 0.6 is 0 Å². The number of rotatable bonds is 8. The van der Waals surface area contributed by atoms with Gasteiger partial charge in [0.2, 0.25) is 5.91 Å². The minimum Gasteiger partial charge on any atom is -0.493 e. The van der Waals surface area contributed by atoms with Crippen molar-refractivity contribution < 1.29 is 23.4 Å². The highest BCUT2D eigenvalue weighted by atomic mass is 19.1. The normalized spacial score (nSPS) is 15.0. The molecule has 5 nitrogen and oxygen atoms in total. The number of fused-ring (bicyclic) bond motifs is 1. The zero-order valence-electron chi connectivity index (χ0n) is 18.9. The van der Waals surface area contributed by atoms with E-state index >= 15 is 0 Å². The van der Waals surface area contributed by atoms with Gasteiger partial charge in [-0.2, -0.15) is 0 Å². The molecule has 1 heterocycles. The summed E-state index contributed by atoms with van der Waals surface area (Å²) in [6.07, 6.45) is 1.82. The zero-order chi connectivity index (χ0) is 23.2. The number of hydrogen-bond acceptors (Lipinski definition) is 4. The Balaban J connectivity index is 1.59. The van der Waals surface area contributed by atoms with E-state index < -0.39 is 0 Å². The minimum absolute atomic E-state index is 0.0759. The van der Waals surface area contributed by atoms with Gasteiger partial charge in [0.25, 0.3) is 0 Å². The van der Waals surface area contributed by atoms with Gasteiger partial charge in [-0.1, -0.05) is 30.3 Å². The predicted molar refractivity (Wildman–Crippen MR) is 124 cm³/mol. The van der Waals surface area contributed by atoms with Crippen LogP contribution in [-0.2, 0) is 17.6 Å². The maximum Gasteiger partial charge on any atom is 0.223 e. The molecule has 0 aromatic heterocycles. The Hall–Kier alpha value is -3.54. The summed E-state index contributed by atoms with van der Waals surface area (Å²) in [5, 5.41) is 0. The first kappa shape index (κ1) is 22.6. The molecule has 1 amide bonds. The molecule has 4 rings (SSSR count). The van der Waals surface area contributed by atoms with Crippen LogP contribution in [0.2, 0.25) is 0 Å². The molecule has 0 aliphatic carbocycles. The summed E-state index contributed by atoms with van der Waals surface area (Å²) in [4.78, 5) is 15.2. The summed E-state index contributed by atoms with van der Waals surface area (Å²) in [6.45, 7) is 0.846. The van der Waals surface area contributed by atoms with E-state index in [0.717, 1.165) is 23.1 Å². The molecule has 0 spiro atoms. The van der Waals surface area contributed by atoms with Crippen molar-refractivity contribution in [3.8, 4) is 17.2 Å². The van der Waals surface area contributed by atoms with Crippen molar-refractivity contribution in [3.63, 3.8) is 0 Å². The van der Waals surface area contributed by atoms with E-state index in [-0.39, 0.29) is 24.4 Å². The maximum absolute atomic E-state index is 13.3. The molecule has 6 heteroatoms. The fraction of sp³-hybridized carbons (Fsp3) is 0.296. The molecule has 0 bridgehead atoms. The van der Waals surface area contributed by atoms with Gasteiger partial charge in [-0.3, -0.25) is 4.79 Å². The summed E-state index contributed by atoms with van der Waals surface area (Å²) >= 11 is 0. The van der Waals surface area contributed by atoms with Crippen molar-refractivity contribution in [2.75, 3.05) is 27.4 Å². The lowest BCUT2D eigenvalue weighted by Crippen LogP contribution is -2.42. The number of aryl methyl sites for hydroxylation is 1. The summed E-state index contributed by atoms with van der Waals surface area (Å²) in [6, 6.07) is 19.5. The summed E-state index contributed by atoms with van der Waals surface area (Å²) in [5.41, 5.74) is 3.22. The second-order valence-electron chi connectivity index (χ2n) is 8.01. The van der Waals surface area contributed by atoms with Gasteiger partial charge in [0.05, 0.1) is 20.3 Å². The highest BCUT2D eigenvalue weighted by molar-refractivity contribution is 5.77. The molecule has 172 valence electrons. The van der Waals surface area contributed by atoms with Crippen LogP contribution in [0.1, 0.15) is 29.2 Å². The molecule has 0 saturated carbocycles. The fourth-order valence-electron chi connectivity index (χ4n) is 4.25. The van der Waals surface area contributed by atoms with Crippen LogP contribution in [0.4, 0.5) is 4.39 Å². The first-order chi connectivity index (χ1) is 16.1. The van der Waals surface area contributed by atoms with Crippen molar-refractivity contribution in [1.29, 1.82) is 0 Å². The number of ether oxygens (including phenoxy) is 3. The van der Waals surface area contributed by atoms with Gasteiger partial charge in [-0.25, -0.2) is 4.39 Å². The molecule has 0 N–H and O–H groups in total. The predicted octanol–water partition coefficient (Wildman–Crippen LogP) is 4.98. The van der Waals surface area contributed by atoms with Crippen LogP contribution in [0.15, 0.2) is 66.7 Å². The smallest absolute Gasteiger partial charge is 0.223 e. The third kappa shape index (κ3) is 5.28. The standard InChI is InChI=1S/C27H28FNO4/c1-31-25-16-20-14-15-29(27(30)13-8-19-6-4-3-5-7-19)24(23(20)17-26(25)32-2)18-33-22-11-9-21(28)10-12-22/h3-7,9-12,16-17,24H,8,13-15,18H2,1-2H3/t24-/m1/s1. The third-order valence-corrected chi connectivity index (χ3v) is 6.01. The van der Waals surface area contributed by atoms with Crippen molar-refractivity contribution in [3.05, 3.63) is 89.2 Å². The first-order valence-corrected chi connectivity index (χ1v) is 11.1. The molecule has 3 aromatic carbocycles. The highest BCUT2D eigenvalue weighted by Gasteiger charge is 2.32. The van der Waals surface area contributed by atoms with E-state index in [4.69, 9.17) is 14.2 Å². The maximum atomic E-state index is 13.3. The second kappa shape index (κ2) is 10.4. The van der Waals surface area contributed by atoms with Gasteiger partial charge in [-0.05, 0) is 65.9 Å². The molecule has 1 aliphatic rings. The van der Waals surface area contributed by atoms with E-state index in [2.05, 4.69) is 0 Å². The highest BCUT2D eigenvalue weighted by Crippen LogP contribution is 2.38. The molecule has 0 unspecified atom stereocenters. The Labute approximate surface area is 193 Å². The largest absolute Gasteiger partial charge is 0.493 e. The number of amides is 1. The van der Waals surface area contributed by atoms with Gasteiger partial charge in [0, 0.05) is 13.0 Å². The van der Waals surface area contributed by atoms with Gasteiger partial charge in [-0.15, -0.1) is 0 Å². The number of hydrogen-bond donors (Lipinski definition) is 0.